The van der Waals surface area contributed by atoms with Gasteiger partial charge in [0.05, 0.1) is 6.54 Å². The number of amides is 4. The third-order valence-corrected chi connectivity index (χ3v) is 6.12. The highest BCUT2D eigenvalue weighted by atomic mass is 16.2. The molecule has 0 aromatic heterocycles. The summed E-state index contributed by atoms with van der Waals surface area (Å²) in [5.41, 5.74) is 1.66. The maximum atomic E-state index is 13.7. The van der Waals surface area contributed by atoms with Gasteiger partial charge in [0.1, 0.15) is 0 Å². The Hall–Kier alpha value is -4.26. The molecule has 4 amide bonds. The molecule has 1 atom stereocenters. The van der Waals surface area contributed by atoms with Gasteiger partial charge in [0.25, 0.3) is 5.91 Å². The summed E-state index contributed by atoms with van der Waals surface area (Å²) < 4.78 is 0. The molecule has 1 heterocycles. The van der Waals surface area contributed by atoms with Crippen LogP contribution in [-0.2, 0) is 28.0 Å². The number of hydrogen-bond donors (Lipinski definition) is 2. The number of rotatable bonds is 9. The Balaban J connectivity index is 1.52. The van der Waals surface area contributed by atoms with Crippen LogP contribution in [0, 0.1) is 0 Å². The second kappa shape index (κ2) is 10.3. The lowest BCUT2D eigenvalue weighted by Gasteiger charge is -2.27. The molecular weight excluding hydrogens is 442 g/mol. The van der Waals surface area contributed by atoms with Crippen molar-refractivity contribution in [1.29, 1.82) is 0 Å². The van der Waals surface area contributed by atoms with Crippen molar-refractivity contribution in [3.8, 4) is 0 Å². The molecule has 0 bridgehead atoms. The summed E-state index contributed by atoms with van der Waals surface area (Å²) in [6.07, 6.45) is 0.913. The average molecular weight is 470 g/mol. The van der Waals surface area contributed by atoms with Gasteiger partial charge >= 0.3 is 6.03 Å². The summed E-state index contributed by atoms with van der Waals surface area (Å²) in [6.45, 7) is 1.62. The minimum Gasteiger partial charge on any atom is -0.356 e. The molecule has 1 saturated heterocycles. The minimum absolute atomic E-state index is 0.0933. The zero-order valence-corrected chi connectivity index (χ0v) is 19.5. The molecule has 7 nitrogen and oxygen atoms in total. The number of urea groups is 1. The van der Waals surface area contributed by atoms with E-state index >= 15 is 0 Å². The fourth-order valence-corrected chi connectivity index (χ4v) is 4.29. The van der Waals surface area contributed by atoms with Gasteiger partial charge in [-0.05, 0) is 23.1 Å². The van der Waals surface area contributed by atoms with Gasteiger partial charge < -0.3 is 10.6 Å². The van der Waals surface area contributed by atoms with Crippen LogP contribution in [0.5, 0.6) is 0 Å². The van der Waals surface area contributed by atoms with E-state index in [0.717, 1.165) is 16.0 Å². The average Bonchev–Trinajstić information content (AvgIpc) is 3.10. The normalized spacial score (nSPS) is 17.2. The number of benzene rings is 3. The van der Waals surface area contributed by atoms with Crippen LogP contribution in [0.2, 0.25) is 0 Å². The predicted molar refractivity (Wildman–Crippen MR) is 132 cm³/mol. The number of nitrogens with one attached hydrogen (secondary N) is 2. The summed E-state index contributed by atoms with van der Waals surface area (Å²) in [6, 6.07) is 25.0. The van der Waals surface area contributed by atoms with E-state index in [1.807, 2.05) is 72.8 Å². The minimum atomic E-state index is -1.28. The first-order chi connectivity index (χ1) is 16.9. The molecule has 178 valence electrons. The van der Waals surface area contributed by atoms with E-state index in [9.17, 15) is 19.2 Å². The van der Waals surface area contributed by atoms with Crippen LogP contribution < -0.4 is 10.6 Å². The Bertz CT molecular complexity index is 1230. The lowest BCUT2D eigenvalue weighted by atomic mass is 9.83. The van der Waals surface area contributed by atoms with E-state index in [4.69, 9.17) is 0 Å². The van der Waals surface area contributed by atoms with E-state index in [1.165, 1.54) is 6.92 Å². The molecule has 0 spiro atoms. The lowest BCUT2D eigenvalue weighted by Crippen LogP contribution is -2.46. The number of carbonyl (C=O) groups is 4. The Morgan fingerprint density at radius 2 is 1.49 bits per heavy atom. The van der Waals surface area contributed by atoms with Crippen molar-refractivity contribution in [2.75, 3.05) is 13.1 Å². The van der Waals surface area contributed by atoms with E-state index < -0.39 is 17.5 Å². The summed E-state index contributed by atoms with van der Waals surface area (Å²) >= 11 is 0. The Labute approximate surface area is 204 Å². The van der Waals surface area contributed by atoms with E-state index in [0.29, 0.717) is 24.1 Å². The second-order valence-corrected chi connectivity index (χ2v) is 8.61. The van der Waals surface area contributed by atoms with Gasteiger partial charge in [0.15, 0.2) is 11.3 Å². The molecule has 7 heteroatoms. The van der Waals surface area contributed by atoms with Gasteiger partial charge in [-0.25, -0.2) is 4.79 Å². The maximum Gasteiger partial charge on any atom is 0.325 e. The van der Waals surface area contributed by atoms with Crippen molar-refractivity contribution < 1.29 is 19.2 Å². The molecule has 0 saturated carbocycles. The second-order valence-electron chi connectivity index (χ2n) is 8.61. The fourth-order valence-electron chi connectivity index (χ4n) is 4.29. The highest BCUT2D eigenvalue weighted by molar-refractivity contribution is 6.11. The van der Waals surface area contributed by atoms with Gasteiger partial charge in [-0.1, -0.05) is 84.9 Å². The molecule has 2 N–H and O–H groups in total. The summed E-state index contributed by atoms with van der Waals surface area (Å²) in [4.78, 5) is 51.7. The largest absolute Gasteiger partial charge is 0.356 e. The molecule has 0 aliphatic carbocycles. The predicted octanol–water partition coefficient (Wildman–Crippen LogP) is 3.24. The van der Waals surface area contributed by atoms with Crippen molar-refractivity contribution in [3.63, 3.8) is 0 Å². The summed E-state index contributed by atoms with van der Waals surface area (Å²) in [5.74, 6) is -0.868. The number of Topliss-reactive ketones (excluding diaryl/α,β-unsaturated/α-hetero) is 1. The lowest BCUT2D eigenvalue weighted by molar-refractivity contribution is -0.131. The number of nitrogens with zero attached hydrogens (tertiary/aromatic N) is 1. The molecule has 35 heavy (non-hydrogen) atoms. The fraction of sp³-hybridized carbons (Fsp3) is 0.214. The standard InChI is InChI=1S/C28H27N3O4/c1-20(32)29-17-16-21-12-14-23(15-13-21)25(33)19-31-26(34)28(30-27(31)35,24-10-6-3-7-11-24)18-22-8-4-2-5-9-22/h2-15H,16-19H2,1H3,(H,29,32)(H,30,35)/t28-/m0/s1. The third kappa shape index (κ3) is 5.30. The van der Waals surface area contributed by atoms with Crippen molar-refractivity contribution in [2.24, 2.45) is 0 Å². The smallest absolute Gasteiger partial charge is 0.325 e. The third-order valence-electron chi connectivity index (χ3n) is 6.12. The highest BCUT2D eigenvalue weighted by Gasteiger charge is 2.52. The van der Waals surface area contributed by atoms with Crippen molar-refractivity contribution >= 4 is 23.6 Å². The van der Waals surface area contributed by atoms with Gasteiger partial charge in [0.2, 0.25) is 5.91 Å². The van der Waals surface area contributed by atoms with E-state index in [-0.39, 0.29) is 24.7 Å². The van der Waals surface area contributed by atoms with Crippen LogP contribution in [0.3, 0.4) is 0 Å². The zero-order valence-electron chi connectivity index (χ0n) is 19.5. The molecule has 4 rings (SSSR count). The van der Waals surface area contributed by atoms with Crippen LogP contribution in [0.25, 0.3) is 0 Å². The molecule has 3 aromatic rings. The summed E-state index contributed by atoms with van der Waals surface area (Å²) in [5, 5.41) is 5.61. The number of carbonyl (C=O) groups excluding carboxylic acids is 4. The molecule has 0 unspecified atom stereocenters. The Morgan fingerprint density at radius 1 is 0.857 bits per heavy atom. The first kappa shape index (κ1) is 23.9. The first-order valence-electron chi connectivity index (χ1n) is 11.5. The quantitative estimate of drug-likeness (QED) is 0.372. The first-order valence-corrected chi connectivity index (χ1v) is 11.5. The van der Waals surface area contributed by atoms with Crippen LogP contribution in [0.1, 0.15) is 34.0 Å². The van der Waals surface area contributed by atoms with Gasteiger partial charge in [-0.3, -0.25) is 19.3 Å². The number of ketones is 1. The maximum absolute atomic E-state index is 13.7. The number of hydrogen-bond acceptors (Lipinski definition) is 4. The molecular formula is C28H27N3O4. The van der Waals surface area contributed by atoms with Crippen LogP contribution in [-0.4, -0.2) is 41.6 Å². The van der Waals surface area contributed by atoms with E-state index in [1.54, 1.807) is 12.1 Å². The van der Waals surface area contributed by atoms with Crippen LogP contribution in [0.15, 0.2) is 84.9 Å². The number of imide groups is 1. The van der Waals surface area contributed by atoms with Gasteiger partial charge in [-0.2, -0.15) is 0 Å². The summed E-state index contributed by atoms with van der Waals surface area (Å²) in [7, 11) is 0. The van der Waals surface area contributed by atoms with Crippen molar-refractivity contribution in [2.45, 2.75) is 25.3 Å². The zero-order chi connectivity index (χ0) is 24.8. The Morgan fingerprint density at radius 3 is 2.11 bits per heavy atom. The molecule has 1 fully saturated rings. The topological polar surface area (TPSA) is 95.6 Å². The monoisotopic (exact) mass is 469 g/mol. The van der Waals surface area contributed by atoms with Crippen LogP contribution in [0.4, 0.5) is 4.79 Å². The van der Waals surface area contributed by atoms with Crippen molar-refractivity contribution in [1.82, 2.24) is 15.5 Å². The van der Waals surface area contributed by atoms with Gasteiger partial charge in [0, 0.05) is 25.5 Å². The Kier molecular flexibility index (Phi) is 7.06. The molecule has 1 aliphatic heterocycles. The van der Waals surface area contributed by atoms with E-state index in [2.05, 4.69) is 10.6 Å². The molecule has 1 aliphatic rings. The SMILES string of the molecule is CC(=O)NCCc1ccc(C(=O)CN2C(=O)N[C@@](Cc3ccccc3)(c3ccccc3)C2=O)cc1. The highest BCUT2D eigenvalue weighted by Crippen LogP contribution is 2.33. The van der Waals surface area contributed by atoms with Gasteiger partial charge in [-0.15, -0.1) is 0 Å². The van der Waals surface area contributed by atoms with Crippen molar-refractivity contribution in [3.05, 3.63) is 107 Å². The molecule has 0 radical (unpaired) electrons. The van der Waals surface area contributed by atoms with Crippen LogP contribution >= 0.6 is 0 Å². The molecule has 3 aromatic carbocycles.